The van der Waals surface area contributed by atoms with Crippen LogP contribution in [0.1, 0.15) is 27.0 Å². The van der Waals surface area contributed by atoms with E-state index in [-0.39, 0.29) is 11.6 Å². The second-order valence-electron chi connectivity index (χ2n) is 4.88. The Morgan fingerprint density at radius 2 is 1.81 bits per heavy atom. The Bertz CT molecular complexity index is 678. The van der Waals surface area contributed by atoms with Gasteiger partial charge in [-0.25, -0.2) is 0 Å². The molecule has 0 bridgehead atoms. The van der Waals surface area contributed by atoms with Gasteiger partial charge in [0.1, 0.15) is 0 Å². The highest BCUT2D eigenvalue weighted by Crippen LogP contribution is 2.21. The van der Waals surface area contributed by atoms with Gasteiger partial charge in [-0.05, 0) is 25.5 Å². The van der Waals surface area contributed by atoms with Gasteiger partial charge in [0.15, 0.2) is 0 Å². The Kier molecular flexibility index (Phi) is 4.33. The lowest BCUT2D eigenvalue weighted by Gasteiger charge is -2.08. The van der Waals surface area contributed by atoms with Crippen LogP contribution in [0.5, 0.6) is 0 Å². The molecular weight excluding hydrogens is 268 g/mol. The number of amides is 1. The molecule has 0 atom stereocenters. The predicted molar refractivity (Wildman–Crippen MR) is 80.2 cm³/mol. The smallest absolute Gasteiger partial charge is 0.273 e. The van der Waals surface area contributed by atoms with Crippen LogP contribution in [0.4, 0.5) is 5.69 Å². The molecule has 1 N–H and O–H groups in total. The number of hydrogen-bond acceptors (Lipinski definition) is 3. The summed E-state index contributed by atoms with van der Waals surface area (Å²) >= 11 is 0. The molecule has 0 saturated carbocycles. The maximum Gasteiger partial charge on any atom is 0.273 e. The summed E-state index contributed by atoms with van der Waals surface area (Å²) in [6.07, 6.45) is 0. The number of carbonyl (C=O) groups is 1. The van der Waals surface area contributed by atoms with Crippen LogP contribution in [-0.2, 0) is 6.54 Å². The maximum absolute atomic E-state index is 12.1. The van der Waals surface area contributed by atoms with Crippen molar-refractivity contribution in [3.8, 4) is 0 Å². The predicted octanol–water partition coefficient (Wildman–Crippen LogP) is 3.14. The van der Waals surface area contributed by atoms with Gasteiger partial charge in [-0.3, -0.25) is 14.9 Å². The van der Waals surface area contributed by atoms with E-state index in [1.165, 1.54) is 12.1 Å². The van der Waals surface area contributed by atoms with Crippen LogP contribution in [0, 0.1) is 24.0 Å². The largest absolute Gasteiger partial charge is 0.348 e. The highest BCUT2D eigenvalue weighted by Gasteiger charge is 2.17. The second kappa shape index (κ2) is 6.17. The monoisotopic (exact) mass is 284 g/mol. The highest BCUT2D eigenvalue weighted by atomic mass is 16.6. The van der Waals surface area contributed by atoms with E-state index >= 15 is 0 Å². The summed E-state index contributed by atoms with van der Waals surface area (Å²) in [5.41, 5.74) is 2.80. The van der Waals surface area contributed by atoms with Gasteiger partial charge in [0.25, 0.3) is 11.6 Å². The molecule has 0 heterocycles. The first-order valence-corrected chi connectivity index (χ1v) is 6.57. The van der Waals surface area contributed by atoms with Crippen LogP contribution in [0.25, 0.3) is 0 Å². The molecule has 108 valence electrons. The minimum atomic E-state index is -0.480. The fraction of sp³-hybridized carbons (Fsp3) is 0.188. The number of rotatable bonds is 4. The van der Waals surface area contributed by atoms with E-state index in [1.807, 2.05) is 31.2 Å². The molecule has 1 amide bonds. The van der Waals surface area contributed by atoms with Gasteiger partial charge in [-0.1, -0.05) is 35.9 Å². The Morgan fingerprint density at radius 3 is 2.43 bits per heavy atom. The zero-order valence-electron chi connectivity index (χ0n) is 11.9. The number of nitrogens with zero attached hydrogens (tertiary/aromatic N) is 1. The molecule has 0 unspecified atom stereocenters. The summed E-state index contributed by atoms with van der Waals surface area (Å²) in [4.78, 5) is 22.5. The van der Waals surface area contributed by atoms with Crippen molar-refractivity contribution >= 4 is 11.6 Å². The van der Waals surface area contributed by atoms with Crippen molar-refractivity contribution in [3.05, 3.63) is 74.8 Å². The molecular formula is C16H16N2O3. The lowest BCUT2D eigenvalue weighted by atomic mass is 10.1. The van der Waals surface area contributed by atoms with Gasteiger partial charge in [0.2, 0.25) is 0 Å². The summed E-state index contributed by atoms with van der Waals surface area (Å²) < 4.78 is 0. The van der Waals surface area contributed by atoms with E-state index in [0.29, 0.717) is 17.7 Å². The van der Waals surface area contributed by atoms with Crippen LogP contribution >= 0.6 is 0 Å². The molecule has 5 heteroatoms. The number of hydrogen-bond donors (Lipinski definition) is 1. The van der Waals surface area contributed by atoms with Crippen LogP contribution in [0.3, 0.4) is 0 Å². The molecule has 0 radical (unpaired) electrons. The molecule has 2 aromatic rings. The third kappa shape index (κ3) is 3.45. The van der Waals surface area contributed by atoms with Crippen LogP contribution in [0.15, 0.2) is 42.5 Å². The van der Waals surface area contributed by atoms with Gasteiger partial charge in [0, 0.05) is 23.7 Å². The number of nitrogens with one attached hydrogen (secondary N) is 1. The van der Waals surface area contributed by atoms with Gasteiger partial charge in [-0.15, -0.1) is 0 Å². The van der Waals surface area contributed by atoms with Crippen LogP contribution in [-0.4, -0.2) is 10.8 Å². The van der Waals surface area contributed by atoms with Crippen molar-refractivity contribution in [3.63, 3.8) is 0 Å². The van der Waals surface area contributed by atoms with Gasteiger partial charge >= 0.3 is 0 Å². The van der Waals surface area contributed by atoms with E-state index < -0.39 is 4.92 Å². The van der Waals surface area contributed by atoms with Crippen molar-refractivity contribution in [2.75, 3.05) is 0 Å². The number of nitro groups is 1. The molecule has 0 saturated heterocycles. The minimum absolute atomic E-state index is 0.0435. The summed E-state index contributed by atoms with van der Waals surface area (Å²) in [6.45, 7) is 3.97. The number of carbonyl (C=O) groups excluding carboxylic acids is 1. The quantitative estimate of drug-likeness (QED) is 0.692. The fourth-order valence-electron chi connectivity index (χ4n) is 2.05. The standard InChI is InChI=1S/C16H16N2O3/c1-11-6-8-13(9-7-11)10-17-16(19)14-4-3-5-15(12(14)2)18(20)21/h3-9H,10H2,1-2H3,(H,17,19). The topological polar surface area (TPSA) is 72.2 Å². The Balaban J connectivity index is 2.12. The van der Waals surface area contributed by atoms with E-state index in [2.05, 4.69) is 5.32 Å². The van der Waals surface area contributed by atoms with E-state index in [1.54, 1.807) is 13.0 Å². The summed E-state index contributed by atoms with van der Waals surface area (Å²) in [6, 6.07) is 12.3. The summed E-state index contributed by atoms with van der Waals surface area (Å²) in [5.74, 6) is -0.309. The zero-order chi connectivity index (χ0) is 15.4. The molecule has 2 aromatic carbocycles. The average Bonchev–Trinajstić information content (AvgIpc) is 2.46. The van der Waals surface area contributed by atoms with Gasteiger partial charge in [0.05, 0.1) is 4.92 Å². The molecule has 2 rings (SSSR count). The summed E-state index contributed by atoms with van der Waals surface area (Å²) in [5, 5.41) is 13.7. The number of benzene rings is 2. The Hall–Kier alpha value is -2.69. The Labute approximate surface area is 122 Å². The third-order valence-corrected chi connectivity index (χ3v) is 3.32. The molecule has 0 aliphatic carbocycles. The first kappa shape index (κ1) is 14.7. The first-order valence-electron chi connectivity index (χ1n) is 6.57. The van der Waals surface area contributed by atoms with E-state index in [0.717, 1.165) is 11.1 Å². The van der Waals surface area contributed by atoms with Crippen molar-refractivity contribution in [1.29, 1.82) is 0 Å². The lowest BCUT2D eigenvalue weighted by Crippen LogP contribution is -2.23. The van der Waals surface area contributed by atoms with E-state index in [9.17, 15) is 14.9 Å². The van der Waals surface area contributed by atoms with Crippen molar-refractivity contribution in [2.24, 2.45) is 0 Å². The summed E-state index contributed by atoms with van der Waals surface area (Å²) in [7, 11) is 0. The molecule has 0 fully saturated rings. The molecule has 0 aliphatic heterocycles. The lowest BCUT2D eigenvalue weighted by molar-refractivity contribution is -0.385. The zero-order valence-corrected chi connectivity index (χ0v) is 11.9. The van der Waals surface area contributed by atoms with Crippen LogP contribution < -0.4 is 5.32 Å². The number of aryl methyl sites for hydroxylation is 1. The minimum Gasteiger partial charge on any atom is -0.348 e. The normalized spacial score (nSPS) is 10.2. The van der Waals surface area contributed by atoms with Gasteiger partial charge in [-0.2, -0.15) is 0 Å². The number of nitro benzene ring substituents is 1. The maximum atomic E-state index is 12.1. The molecule has 0 spiro atoms. The van der Waals surface area contributed by atoms with Crippen molar-refractivity contribution in [1.82, 2.24) is 5.32 Å². The van der Waals surface area contributed by atoms with Crippen molar-refractivity contribution < 1.29 is 9.72 Å². The van der Waals surface area contributed by atoms with E-state index in [4.69, 9.17) is 0 Å². The van der Waals surface area contributed by atoms with Crippen LogP contribution in [0.2, 0.25) is 0 Å². The molecule has 0 aliphatic rings. The molecule has 5 nitrogen and oxygen atoms in total. The third-order valence-electron chi connectivity index (χ3n) is 3.32. The second-order valence-corrected chi connectivity index (χ2v) is 4.88. The SMILES string of the molecule is Cc1ccc(CNC(=O)c2cccc([N+](=O)[O-])c2C)cc1. The molecule has 21 heavy (non-hydrogen) atoms. The Morgan fingerprint density at radius 1 is 1.14 bits per heavy atom. The molecule has 0 aromatic heterocycles. The van der Waals surface area contributed by atoms with Crippen molar-refractivity contribution in [2.45, 2.75) is 20.4 Å². The average molecular weight is 284 g/mol. The fourth-order valence-corrected chi connectivity index (χ4v) is 2.05. The first-order chi connectivity index (χ1) is 9.99. The van der Waals surface area contributed by atoms with Gasteiger partial charge < -0.3 is 5.32 Å². The highest BCUT2D eigenvalue weighted by molar-refractivity contribution is 5.96.